The summed E-state index contributed by atoms with van der Waals surface area (Å²) in [6.07, 6.45) is 1.34. The van der Waals surface area contributed by atoms with Gasteiger partial charge in [-0.25, -0.2) is 4.98 Å². The maximum absolute atomic E-state index is 12.1. The lowest BCUT2D eigenvalue weighted by Crippen LogP contribution is -2.22. The predicted molar refractivity (Wildman–Crippen MR) is 94.1 cm³/mol. The lowest BCUT2D eigenvalue weighted by atomic mass is 10.2. The van der Waals surface area contributed by atoms with E-state index in [0.717, 1.165) is 10.0 Å². The number of hydrogen-bond acceptors (Lipinski definition) is 6. The van der Waals surface area contributed by atoms with Crippen LogP contribution in [-0.4, -0.2) is 32.2 Å². The molecular formula is C15H19N5O2S2. The third-order valence-electron chi connectivity index (χ3n) is 3.92. The number of amides is 2. The summed E-state index contributed by atoms with van der Waals surface area (Å²) in [4.78, 5) is 27.5. The molecule has 24 heavy (non-hydrogen) atoms. The average molecular weight is 365 g/mol. The van der Waals surface area contributed by atoms with E-state index in [4.69, 9.17) is 5.73 Å². The number of aromatic nitrogens is 3. The molecule has 0 spiro atoms. The van der Waals surface area contributed by atoms with Gasteiger partial charge in [-0.1, -0.05) is 18.7 Å². The van der Waals surface area contributed by atoms with Crippen LogP contribution in [-0.2, 0) is 16.0 Å². The molecule has 1 aliphatic carbocycles. The third kappa shape index (κ3) is 4.15. The molecule has 7 nitrogen and oxygen atoms in total. The van der Waals surface area contributed by atoms with Crippen molar-refractivity contribution in [3.63, 3.8) is 0 Å². The van der Waals surface area contributed by atoms with Crippen molar-refractivity contribution < 1.29 is 9.59 Å². The Bertz CT molecular complexity index is 757. The smallest absolute Gasteiger partial charge is 0.231 e. The van der Waals surface area contributed by atoms with E-state index in [9.17, 15) is 9.59 Å². The van der Waals surface area contributed by atoms with Crippen LogP contribution >= 0.6 is 23.1 Å². The number of anilines is 1. The number of primary amides is 1. The van der Waals surface area contributed by atoms with E-state index in [2.05, 4.69) is 27.4 Å². The molecule has 2 amide bonds. The summed E-state index contributed by atoms with van der Waals surface area (Å²) in [5.74, 6) is 1.22. The normalized spacial score (nSPS) is 20.6. The zero-order valence-electron chi connectivity index (χ0n) is 13.4. The molecule has 1 saturated carbocycles. The van der Waals surface area contributed by atoms with Crippen molar-refractivity contribution in [2.24, 2.45) is 11.7 Å². The molecule has 1 fully saturated rings. The summed E-state index contributed by atoms with van der Waals surface area (Å²) < 4.78 is 0.730. The predicted octanol–water partition coefficient (Wildman–Crippen LogP) is 2.14. The monoisotopic (exact) mass is 365 g/mol. The molecule has 0 aliphatic heterocycles. The number of nitrogens with zero attached hydrogens (tertiary/aromatic N) is 2. The van der Waals surface area contributed by atoms with Crippen LogP contribution < -0.4 is 11.1 Å². The van der Waals surface area contributed by atoms with Crippen LogP contribution in [0.4, 0.5) is 5.82 Å². The van der Waals surface area contributed by atoms with Gasteiger partial charge >= 0.3 is 0 Å². The summed E-state index contributed by atoms with van der Waals surface area (Å²) in [5, 5.41) is 11.4. The number of nitrogens with one attached hydrogen (secondary N) is 2. The van der Waals surface area contributed by atoms with Crippen LogP contribution in [0.1, 0.15) is 37.6 Å². The van der Waals surface area contributed by atoms with E-state index in [1.54, 1.807) is 6.92 Å². The number of carbonyl (C=O) groups is 2. The van der Waals surface area contributed by atoms with Crippen molar-refractivity contribution in [2.45, 2.75) is 42.2 Å². The second-order valence-electron chi connectivity index (χ2n) is 6.02. The van der Waals surface area contributed by atoms with Crippen LogP contribution in [0, 0.1) is 5.92 Å². The summed E-state index contributed by atoms with van der Waals surface area (Å²) in [6.45, 7) is 3.93. The Labute approximate surface area is 147 Å². The van der Waals surface area contributed by atoms with Gasteiger partial charge in [-0.15, -0.1) is 11.3 Å². The Morgan fingerprint density at radius 1 is 1.58 bits per heavy atom. The van der Waals surface area contributed by atoms with Crippen molar-refractivity contribution in [3.8, 4) is 0 Å². The minimum absolute atomic E-state index is 0.165. The van der Waals surface area contributed by atoms with E-state index in [1.165, 1.54) is 29.5 Å². The molecule has 2 heterocycles. The van der Waals surface area contributed by atoms with E-state index in [-0.39, 0.29) is 23.5 Å². The Morgan fingerprint density at radius 2 is 2.33 bits per heavy atom. The van der Waals surface area contributed by atoms with Crippen LogP contribution in [0.25, 0.3) is 0 Å². The molecule has 4 N–H and O–H groups in total. The highest BCUT2D eigenvalue weighted by Crippen LogP contribution is 2.46. The molecule has 2 aromatic heterocycles. The molecule has 3 unspecified atom stereocenters. The topological polar surface area (TPSA) is 114 Å². The highest BCUT2D eigenvalue weighted by Gasteiger charge is 2.35. The maximum atomic E-state index is 12.1. The van der Waals surface area contributed by atoms with E-state index in [1.807, 2.05) is 11.4 Å². The lowest BCUT2D eigenvalue weighted by Gasteiger charge is -2.02. The van der Waals surface area contributed by atoms with Gasteiger partial charge in [0, 0.05) is 23.1 Å². The third-order valence-corrected chi connectivity index (χ3v) is 6.06. The first-order valence-electron chi connectivity index (χ1n) is 7.68. The largest absolute Gasteiger partial charge is 0.369 e. The number of H-pyrrole nitrogens is 1. The Kier molecular flexibility index (Phi) is 4.91. The van der Waals surface area contributed by atoms with Crippen LogP contribution in [0.3, 0.4) is 0 Å². The first-order valence-corrected chi connectivity index (χ1v) is 9.44. The van der Waals surface area contributed by atoms with Crippen LogP contribution in [0.2, 0.25) is 0 Å². The molecule has 2 aromatic rings. The maximum Gasteiger partial charge on any atom is 0.231 e. The van der Waals surface area contributed by atoms with Crippen molar-refractivity contribution in [1.29, 1.82) is 0 Å². The zero-order chi connectivity index (χ0) is 17.3. The van der Waals surface area contributed by atoms with Gasteiger partial charge in [-0.05, 0) is 19.3 Å². The summed E-state index contributed by atoms with van der Waals surface area (Å²) in [6, 6.07) is 1.89. The van der Waals surface area contributed by atoms with Gasteiger partial charge in [0.25, 0.3) is 0 Å². The molecule has 0 aromatic carbocycles. The lowest BCUT2D eigenvalue weighted by molar-refractivity contribution is -0.117. The standard InChI is InChI=1S/C15H19N5O2S2/c1-7-3-10(7)11-5-12(20-19-11)18-13(21)4-9-6-23-15(17-9)24-8(2)14(16)22/h5-8,10H,3-4H2,1-2H3,(H2,16,22)(H2,18,19,20,21). The molecule has 0 radical (unpaired) electrons. The van der Waals surface area contributed by atoms with Gasteiger partial charge in [0.05, 0.1) is 17.4 Å². The summed E-state index contributed by atoms with van der Waals surface area (Å²) in [7, 11) is 0. The van der Waals surface area contributed by atoms with Gasteiger partial charge in [0.1, 0.15) is 0 Å². The quantitative estimate of drug-likeness (QED) is 0.651. The Balaban J connectivity index is 1.52. The van der Waals surface area contributed by atoms with Gasteiger partial charge in [0.2, 0.25) is 11.8 Å². The second kappa shape index (κ2) is 6.94. The first-order chi connectivity index (χ1) is 11.4. The molecule has 0 bridgehead atoms. The summed E-state index contributed by atoms with van der Waals surface area (Å²) >= 11 is 2.70. The van der Waals surface area contributed by atoms with Gasteiger partial charge < -0.3 is 11.1 Å². The zero-order valence-corrected chi connectivity index (χ0v) is 15.0. The molecule has 1 aliphatic rings. The van der Waals surface area contributed by atoms with E-state index >= 15 is 0 Å². The Hall–Kier alpha value is -1.87. The number of aromatic amines is 1. The van der Waals surface area contributed by atoms with Crippen molar-refractivity contribution >= 4 is 40.7 Å². The number of thioether (sulfide) groups is 1. The SMILES string of the molecule is CC(Sc1nc(CC(=O)Nc2cc(C3CC3C)[nH]n2)cs1)C(N)=O. The number of hydrogen-bond donors (Lipinski definition) is 3. The minimum atomic E-state index is -0.381. The van der Waals surface area contributed by atoms with E-state index in [0.29, 0.717) is 23.3 Å². The van der Waals surface area contributed by atoms with Crippen molar-refractivity contribution in [1.82, 2.24) is 15.2 Å². The molecule has 3 atom stereocenters. The van der Waals surface area contributed by atoms with Gasteiger partial charge in [-0.3, -0.25) is 14.7 Å². The molecule has 3 rings (SSSR count). The van der Waals surface area contributed by atoms with E-state index < -0.39 is 0 Å². The second-order valence-corrected chi connectivity index (χ2v) is 8.47. The average Bonchev–Trinajstić information content (AvgIpc) is 2.89. The summed E-state index contributed by atoms with van der Waals surface area (Å²) in [5.41, 5.74) is 6.98. The highest BCUT2D eigenvalue weighted by atomic mass is 32.2. The first kappa shape index (κ1) is 17.0. The number of nitrogens with two attached hydrogens (primary N) is 1. The highest BCUT2D eigenvalue weighted by molar-refractivity contribution is 8.02. The number of rotatable bonds is 7. The molecule has 128 valence electrons. The van der Waals surface area contributed by atoms with Crippen LogP contribution in [0.5, 0.6) is 0 Å². The molecule has 0 saturated heterocycles. The fraction of sp³-hybridized carbons (Fsp3) is 0.467. The Morgan fingerprint density at radius 3 is 3.00 bits per heavy atom. The van der Waals surface area contributed by atoms with Gasteiger partial charge in [-0.2, -0.15) is 5.10 Å². The fourth-order valence-electron chi connectivity index (χ4n) is 2.33. The molecular weight excluding hydrogens is 346 g/mol. The minimum Gasteiger partial charge on any atom is -0.369 e. The fourth-order valence-corrected chi connectivity index (χ4v) is 4.26. The van der Waals surface area contributed by atoms with Crippen LogP contribution in [0.15, 0.2) is 15.8 Å². The van der Waals surface area contributed by atoms with Crippen molar-refractivity contribution in [2.75, 3.05) is 5.32 Å². The molecule has 9 heteroatoms. The van der Waals surface area contributed by atoms with Crippen molar-refractivity contribution in [3.05, 3.63) is 22.8 Å². The number of carbonyl (C=O) groups excluding carboxylic acids is 2. The number of thiazole rings is 1. The van der Waals surface area contributed by atoms with Gasteiger partial charge in [0.15, 0.2) is 10.2 Å².